The van der Waals surface area contributed by atoms with Gasteiger partial charge in [0.15, 0.2) is 0 Å². The third-order valence-corrected chi connectivity index (χ3v) is 4.91. The van der Waals surface area contributed by atoms with Crippen molar-refractivity contribution < 1.29 is 14.7 Å². The number of rotatable bonds is 4. The second-order valence-electron chi connectivity index (χ2n) is 5.99. The lowest BCUT2D eigenvalue weighted by molar-refractivity contribution is -0.141. The number of carbonyl (C=O) groups is 2. The summed E-state index contributed by atoms with van der Waals surface area (Å²) in [4.78, 5) is 25.8. The molecule has 5 heteroatoms. The fourth-order valence-electron chi connectivity index (χ4n) is 3.07. The van der Waals surface area contributed by atoms with E-state index in [0.29, 0.717) is 19.4 Å². The molecule has 1 atom stereocenters. The topological polar surface area (TPSA) is 57.6 Å². The maximum Gasteiger partial charge on any atom is 0.312 e. The van der Waals surface area contributed by atoms with Crippen molar-refractivity contribution in [3.63, 3.8) is 0 Å². The van der Waals surface area contributed by atoms with E-state index in [1.54, 1.807) is 4.90 Å². The van der Waals surface area contributed by atoms with E-state index in [0.717, 1.165) is 21.2 Å². The monoisotopic (exact) mass is 387 g/mol. The van der Waals surface area contributed by atoms with Crippen molar-refractivity contribution in [2.75, 3.05) is 6.54 Å². The molecule has 0 aliphatic carbocycles. The van der Waals surface area contributed by atoms with E-state index < -0.39 is 11.9 Å². The molecule has 1 N–H and O–H groups in total. The molecular formula is C19H18BrNO3. The Morgan fingerprint density at radius 3 is 2.54 bits per heavy atom. The normalized spacial score (nSPS) is 16.5. The third kappa shape index (κ3) is 3.67. The summed E-state index contributed by atoms with van der Waals surface area (Å²) in [5.74, 6) is -1.53. The summed E-state index contributed by atoms with van der Waals surface area (Å²) in [5, 5.41) is 9.48. The molecular weight excluding hydrogens is 370 g/mol. The Morgan fingerprint density at radius 1 is 1.12 bits per heavy atom. The van der Waals surface area contributed by atoms with Gasteiger partial charge in [0.05, 0.1) is 5.92 Å². The van der Waals surface area contributed by atoms with E-state index in [4.69, 9.17) is 0 Å². The van der Waals surface area contributed by atoms with Crippen LogP contribution in [0, 0.1) is 0 Å². The van der Waals surface area contributed by atoms with Crippen LogP contribution in [0.5, 0.6) is 0 Å². The smallest absolute Gasteiger partial charge is 0.312 e. The standard InChI is InChI=1S/C19H18BrNO3/c20-15-8-5-13(6-9-15)7-10-18(22)21-11-14-3-1-2-4-16(14)17(12-21)19(23)24/h1-6,8-9,17H,7,10-12H2,(H,23,24). The highest BCUT2D eigenvalue weighted by atomic mass is 79.9. The lowest BCUT2D eigenvalue weighted by atomic mass is 9.89. The first-order valence-electron chi connectivity index (χ1n) is 7.87. The van der Waals surface area contributed by atoms with Gasteiger partial charge in [-0.3, -0.25) is 9.59 Å². The zero-order valence-electron chi connectivity index (χ0n) is 13.1. The number of hydrogen-bond acceptors (Lipinski definition) is 2. The van der Waals surface area contributed by atoms with Crippen molar-refractivity contribution in [3.8, 4) is 0 Å². The van der Waals surface area contributed by atoms with Gasteiger partial charge < -0.3 is 10.0 Å². The third-order valence-electron chi connectivity index (χ3n) is 4.39. The summed E-state index contributed by atoms with van der Waals surface area (Å²) in [6.07, 6.45) is 1.04. The number of fused-ring (bicyclic) bond motifs is 1. The molecule has 124 valence electrons. The number of aryl methyl sites for hydroxylation is 1. The molecule has 0 saturated heterocycles. The molecule has 1 heterocycles. The van der Waals surface area contributed by atoms with Gasteiger partial charge in [-0.25, -0.2) is 0 Å². The predicted molar refractivity (Wildman–Crippen MR) is 94.7 cm³/mol. The van der Waals surface area contributed by atoms with Crippen LogP contribution in [0.4, 0.5) is 0 Å². The Kier molecular flexibility index (Phi) is 5.00. The van der Waals surface area contributed by atoms with E-state index in [-0.39, 0.29) is 12.5 Å². The number of benzene rings is 2. The maximum atomic E-state index is 12.5. The van der Waals surface area contributed by atoms with Gasteiger partial charge in [0.25, 0.3) is 0 Å². The molecule has 0 saturated carbocycles. The highest BCUT2D eigenvalue weighted by molar-refractivity contribution is 9.10. The molecule has 2 aromatic rings. The Morgan fingerprint density at radius 2 is 1.83 bits per heavy atom. The highest BCUT2D eigenvalue weighted by Crippen LogP contribution is 2.29. The Balaban J connectivity index is 1.69. The van der Waals surface area contributed by atoms with Crippen LogP contribution in [0.3, 0.4) is 0 Å². The first-order chi connectivity index (χ1) is 11.5. The Labute approximate surface area is 149 Å². The van der Waals surface area contributed by atoms with E-state index in [9.17, 15) is 14.7 Å². The van der Waals surface area contributed by atoms with Gasteiger partial charge in [0, 0.05) is 24.0 Å². The minimum Gasteiger partial charge on any atom is -0.481 e. The van der Waals surface area contributed by atoms with Gasteiger partial charge in [0.1, 0.15) is 0 Å². The molecule has 3 rings (SSSR count). The van der Waals surface area contributed by atoms with Crippen LogP contribution in [0.2, 0.25) is 0 Å². The summed E-state index contributed by atoms with van der Waals surface area (Å²) in [6, 6.07) is 15.4. The van der Waals surface area contributed by atoms with Crippen LogP contribution in [0.25, 0.3) is 0 Å². The van der Waals surface area contributed by atoms with Gasteiger partial charge in [-0.2, -0.15) is 0 Å². The molecule has 0 aromatic heterocycles. The summed E-state index contributed by atoms with van der Waals surface area (Å²) < 4.78 is 1.01. The van der Waals surface area contributed by atoms with Crippen molar-refractivity contribution >= 4 is 27.8 Å². The predicted octanol–water partition coefficient (Wildman–Crippen LogP) is 3.59. The number of nitrogens with zero attached hydrogens (tertiary/aromatic N) is 1. The number of carboxylic acid groups (broad SMARTS) is 1. The fraction of sp³-hybridized carbons (Fsp3) is 0.263. The van der Waals surface area contributed by atoms with Crippen LogP contribution in [0.1, 0.15) is 29.0 Å². The highest BCUT2D eigenvalue weighted by Gasteiger charge is 2.32. The number of carboxylic acids is 1. The minimum atomic E-state index is -0.882. The number of halogens is 1. The van der Waals surface area contributed by atoms with E-state index in [1.165, 1.54) is 0 Å². The molecule has 0 bridgehead atoms. The molecule has 1 amide bonds. The van der Waals surface area contributed by atoms with Gasteiger partial charge in [0.2, 0.25) is 5.91 Å². The molecule has 1 unspecified atom stereocenters. The van der Waals surface area contributed by atoms with Gasteiger partial charge in [-0.05, 0) is 35.2 Å². The summed E-state index contributed by atoms with van der Waals surface area (Å²) in [5.41, 5.74) is 2.84. The zero-order valence-corrected chi connectivity index (χ0v) is 14.7. The minimum absolute atomic E-state index is 0.00123. The van der Waals surface area contributed by atoms with Crippen LogP contribution in [-0.4, -0.2) is 28.4 Å². The van der Waals surface area contributed by atoms with Gasteiger partial charge in [-0.1, -0.05) is 52.3 Å². The first-order valence-corrected chi connectivity index (χ1v) is 8.66. The Bertz CT molecular complexity index is 757. The molecule has 0 fully saturated rings. The molecule has 2 aromatic carbocycles. The van der Waals surface area contributed by atoms with Gasteiger partial charge in [-0.15, -0.1) is 0 Å². The maximum absolute atomic E-state index is 12.5. The number of carbonyl (C=O) groups excluding carboxylic acids is 1. The van der Waals surface area contributed by atoms with E-state index in [1.807, 2.05) is 48.5 Å². The van der Waals surface area contributed by atoms with Crippen LogP contribution < -0.4 is 0 Å². The lowest BCUT2D eigenvalue weighted by Crippen LogP contribution is -2.40. The largest absolute Gasteiger partial charge is 0.481 e. The SMILES string of the molecule is O=C(O)C1CN(C(=O)CCc2ccc(Br)cc2)Cc2ccccc21. The summed E-state index contributed by atoms with van der Waals surface area (Å²) >= 11 is 3.39. The van der Waals surface area contributed by atoms with Crippen molar-refractivity contribution in [3.05, 3.63) is 69.7 Å². The fourth-order valence-corrected chi connectivity index (χ4v) is 3.33. The van der Waals surface area contributed by atoms with Crippen LogP contribution in [-0.2, 0) is 22.6 Å². The second kappa shape index (κ2) is 7.18. The van der Waals surface area contributed by atoms with Crippen molar-refractivity contribution in [2.45, 2.75) is 25.3 Å². The summed E-state index contributed by atoms with van der Waals surface area (Å²) in [6.45, 7) is 0.727. The average molecular weight is 388 g/mol. The molecule has 0 spiro atoms. The van der Waals surface area contributed by atoms with Crippen molar-refractivity contribution in [1.82, 2.24) is 4.90 Å². The molecule has 1 aliphatic rings. The molecule has 0 radical (unpaired) electrons. The lowest BCUT2D eigenvalue weighted by Gasteiger charge is -2.33. The first kappa shape index (κ1) is 16.7. The zero-order chi connectivity index (χ0) is 17.1. The van der Waals surface area contributed by atoms with Crippen LogP contribution >= 0.6 is 15.9 Å². The van der Waals surface area contributed by atoms with Crippen molar-refractivity contribution in [1.29, 1.82) is 0 Å². The molecule has 24 heavy (non-hydrogen) atoms. The molecule has 1 aliphatic heterocycles. The van der Waals surface area contributed by atoms with Crippen LogP contribution in [0.15, 0.2) is 53.0 Å². The molecule has 4 nitrogen and oxygen atoms in total. The number of amides is 1. The second-order valence-corrected chi connectivity index (χ2v) is 6.91. The van der Waals surface area contributed by atoms with E-state index in [2.05, 4.69) is 15.9 Å². The van der Waals surface area contributed by atoms with E-state index >= 15 is 0 Å². The number of hydrogen-bond donors (Lipinski definition) is 1. The van der Waals surface area contributed by atoms with Gasteiger partial charge >= 0.3 is 5.97 Å². The quantitative estimate of drug-likeness (QED) is 0.871. The summed E-state index contributed by atoms with van der Waals surface area (Å²) in [7, 11) is 0. The average Bonchev–Trinajstić information content (AvgIpc) is 2.59. The Hall–Kier alpha value is -2.14. The van der Waals surface area contributed by atoms with Crippen molar-refractivity contribution in [2.24, 2.45) is 0 Å². The number of aliphatic carboxylic acids is 1.